The van der Waals surface area contributed by atoms with Crippen molar-refractivity contribution in [1.29, 1.82) is 0 Å². The summed E-state index contributed by atoms with van der Waals surface area (Å²) in [4.78, 5) is 35.3. The Morgan fingerprint density at radius 2 is 1.86 bits per heavy atom. The number of carbonyl (C=O) groups is 2. The molecule has 4 aliphatic heterocycles. The Hall–Kier alpha value is -1.99. The van der Waals surface area contributed by atoms with E-state index < -0.39 is 0 Å². The summed E-state index contributed by atoms with van der Waals surface area (Å²) in [5.74, 6) is 0.575. The van der Waals surface area contributed by atoms with Gasteiger partial charge in [-0.05, 0) is 70.2 Å². The largest absolute Gasteiger partial charge is 0.346 e. The number of aromatic nitrogens is 1. The second kappa shape index (κ2) is 7.69. The highest BCUT2D eigenvalue weighted by Gasteiger charge is 2.40. The van der Waals surface area contributed by atoms with E-state index in [-0.39, 0.29) is 17.9 Å². The molecule has 4 fully saturated rings. The lowest BCUT2D eigenvalue weighted by Gasteiger charge is -2.49. The maximum Gasteiger partial charge on any atom is 0.270 e. The van der Waals surface area contributed by atoms with E-state index in [0.717, 1.165) is 66.8 Å². The predicted molar refractivity (Wildman–Crippen MR) is 114 cm³/mol. The molecular formula is C22H28N4O2S. The van der Waals surface area contributed by atoms with E-state index in [1.165, 1.54) is 17.8 Å². The summed E-state index contributed by atoms with van der Waals surface area (Å²) >= 11 is 1.47. The van der Waals surface area contributed by atoms with Gasteiger partial charge in [0.25, 0.3) is 11.8 Å². The van der Waals surface area contributed by atoms with Gasteiger partial charge in [0.05, 0.1) is 4.88 Å². The second-order valence-electron chi connectivity index (χ2n) is 8.68. The number of nitrogens with zero attached hydrogens (tertiary/aromatic N) is 3. The van der Waals surface area contributed by atoms with Gasteiger partial charge in [-0.1, -0.05) is 0 Å². The molecule has 2 aromatic rings. The minimum atomic E-state index is -0.102. The van der Waals surface area contributed by atoms with Crippen molar-refractivity contribution in [2.45, 2.75) is 51.1 Å². The van der Waals surface area contributed by atoms with Crippen LogP contribution in [0.3, 0.4) is 0 Å². The SMILES string of the molecule is CC1C(NC(=O)c2cc3sc(C(=O)N4CCCCC4)cc3cn2)C2CCN1CC2. The van der Waals surface area contributed by atoms with Crippen molar-refractivity contribution in [3.05, 3.63) is 28.9 Å². The minimum absolute atomic E-state index is 0.102. The van der Waals surface area contributed by atoms with Crippen LogP contribution in [-0.2, 0) is 0 Å². The van der Waals surface area contributed by atoms with Gasteiger partial charge in [-0.3, -0.25) is 19.5 Å². The number of piperidine rings is 4. The number of pyridine rings is 1. The second-order valence-corrected chi connectivity index (χ2v) is 9.77. The molecule has 0 radical (unpaired) electrons. The number of fused-ring (bicyclic) bond motifs is 4. The van der Waals surface area contributed by atoms with Crippen LogP contribution in [0.2, 0.25) is 0 Å². The van der Waals surface area contributed by atoms with Gasteiger partial charge in [0.1, 0.15) is 5.69 Å². The van der Waals surface area contributed by atoms with Crippen LogP contribution in [0.25, 0.3) is 10.1 Å². The van der Waals surface area contributed by atoms with Crippen molar-refractivity contribution >= 4 is 33.2 Å². The average Bonchev–Trinajstić information content (AvgIpc) is 3.20. The number of likely N-dealkylation sites (tertiary alicyclic amines) is 1. The van der Waals surface area contributed by atoms with Crippen LogP contribution < -0.4 is 5.32 Å². The van der Waals surface area contributed by atoms with Gasteiger partial charge < -0.3 is 10.2 Å². The molecule has 2 amide bonds. The number of nitrogens with one attached hydrogen (secondary N) is 1. The molecule has 1 N–H and O–H groups in total. The van der Waals surface area contributed by atoms with E-state index in [4.69, 9.17) is 0 Å². The molecule has 29 heavy (non-hydrogen) atoms. The Morgan fingerprint density at radius 3 is 2.59 bits per heavy atom. The summed E-state index contributed by atoms with van der Waals surface area (Å²) in [6.07, 6.45) is 7.43. The fourth-order valence-electron chi connectivity index (χ4n) is 5.19. The first-order valence-electron chi connectivity index (χ1n) is 10.8. The molecular weight excluding hydrogens is 384 g/mol. The van der Waals surface area contributed by atoms with Crippen molar-refractivity contribution < 1.29 is 9.59 Å². The zero-order chi connectivity index (χ0) is 20.0. The molecule has 2 unspecified atom stereocenters. The molecule has 6 heterocycles. The zero-order valence-electron chi connectivity index (χ0n) is 16.9. The summed E-state index contributed by atoms with van der Waals surface area (Å²) in [6, 6.07) is 4.34. The van der Waals surface area contributed by atoms with Crippen LogP contribution in [0.4, 0.5) is 0 Å². The summed E-state index contributed by atoms with van der Waals surface area (Å²) < 4.78 is 0.951. The average molecular weight is 413 g/mol. The van der Waals surface area contributed by atoms with Crippen molar-refractivity contribution in [2.75, 3.05) is 26.2 Å². The number of hydrogen-bond acceptors (Lipinski definition) is 5. The lowest BCUT2D eigenvalue weighted by atomic mass is 9.79. The Bertz CT molecular complexity index is 926. The number of hydrogen-bond donors (Lipinski definition) is 1. The molecule has 6 rings (SSSR count). The fraction of sp³-hybridized carbons (Fsp3) is 0.591. The van der Waals surface area contributed by atoms with Crippen LogP contribution in [-0.4, -0.2) is 64.9 Å². The van der Waals surface area contributed by atoms with Gasteiger partial charge in [0.15, 0.2) is 0 Å². The monoisotopic (exact) mass is 412 g/mol. The molecule has 0 aromatic carbocycles. The molecule has 2 bridgehead atoms. The molecule has 2 atom stereocenters. The fourth-order valence-corrected chi connectivity index (χ4v) is 6.23. The number of carbonyl (C=O) groups excluding carboxylic acids is 2. The summed E-state index contributed by atoms with van der Waals surface area (Å²) in [5, 5.41) is 4.18. The number of amides is 2. The first-order chi connectivity index (χ1) is 14.1. The van der Waals surface area contributed by atoms with E-state index in [1.807, 2.05) is 17.0 Å². The highest BCUT2D eigenvalue weighted by Crippen LogP contribution is 2.32. The van der Waals surface area contributed by atoms with Crippen molar-refractivity contribution in [3.8, 4) is 0 Å². The van der Waals surface area contributed by atoms with E-state index in [1.54, 1.807) is 6.20 Å². The maximum absolute atomic E-state index is 12.9. The third kappa shape index (κ3) is 3.55. The summed E-state index contributed by atoms with van der Waals surface area (Å²) in [5.41, 5.74) is 0.444. The molecule has 0 spiro atoms. The first kappa shape index (κ1) is 19.0. The van der Waals surface area contributed by atoms with Crippen molar-refractivity contribution in [3.63, 3.8) is 0 Å². The standard InChI is InChI=1S/C22H28N4O2S/c1-14-20(15-5-9-25(14)10-6-15)24-21(27)17-12-18-16(13-23-17)11-19(29-18)22(28)26-7-3-2-4-8-26/h11-15,20H,2-10H2,1H3,(H,24,27). The highest BCUT2D eigenvalue weighted by atomic mass is 32.1. The van der Waals surface area contributed by atoms with Crippen LogP contribution in [0.15, 0.2) is 18.3 Å². The molecule has 0 aliphatic carbocycles. The van der Waals surface area contributed by atoms with Gasteiger partial charge in [0, 0.05) is 41.5 Å². The smallest absolute Gasteiger partial charge is 0.270 e. The van der Waals surface area contributed by atoms with Crippen LogP contribution in [0.1, 0.15) is 59.2 Å². The number of rotatable bonds is 3. The molecule has 6 nitrogen and oxygen atoms in total. The lowest BCUT2D eigenvalue weighted by molar-refractivity contribution is 0.0216. The van der Waals surface area contributed by atoms with Crippen LogP contribution >= 0.6 is 11.3 Å². The quantitative estimate of drug-likeness (QED) is 0.841. The van der Waals surface area contributed by atoms with Crippen molar-refractivity contribution in [2.24, 2.45) is 5.92 Å². The van der Waals surface area contributed by atoms with Gasteiger partial charge in [-0.2, -0.15) is 0 Å². The molecule has 4 aliphatic rings. The third-order valence-corrected chi connectivity index (χ3v) is 8.05. The predicted octanol–water partition coefficient (Wildman–Crippen LogP) is 3.13. The molecule has 2 aromatic heterocycles. The van der Waals surface area contributed by atoms with Gasteiger partial charge in [-0.25, -0.2) is 0 Å². The summed E-state index contributed by atoms with van der Waals surface area (Å²) in [6.45, 7) is 6.19. The Balaban J connectivity index is 1.33. The maximum atomic E-state index is 12.9. The third-order valence-electron chi connectivity index (χ3n) is 6.96. The van der Waals surface area contributed by atoms with Crippen LogP contribution in [0.5, 0.6) is 0 Å². The van der Waals surface area contributed by atoms with Gasteiger partial charge in [0.2, 0.25) is 0 Å². The Kier molecular flexibility index (Phi) is 5.04. The van der Waals surface area contributed by atoms with Crippen molar-refractivity contribution in [1.82, 2.24) is 20.1 Å². The lowest BCUT2D eigenvalue weighted by Crippen LogP contribution is -2.62. The molecule has 4 saturated heterocycles. The topological polar surface area (TPSA) is 65.5 Å². The summed E-state index contributed by atoms with van der Waals surface area (Å²) in [7, 11) is 0. The van der Waals surface area contributed by atoms with Gasteiger partial charge >= 0.3 is 0 Å². The van der Waals surface area contributed by atoms with E-state index in [0.29, 0.717) is 17.7 Å². The normalized spacial score (nSPS) is 29.2. The first-order valence-corrected chi connectivity index (χ1v) is 11.7. The number of thiophene rings is 1. The molecule has 154 valence electrons. The Morgan fingerprint density at radius 1 is 1.10 bits per heavy atom. The van der Waals surface area contributed by atoms with Gasteiger partial charge in [-0.15, -0.1) is 11.3 Å². The van der Waals surface area contributed by atoms with E-state index >= 15 is 0 Å². The minimum Gasteiger partial charge on any atom is -0.346 e. The highest BCUT2D eigenvalue weighted by molar-refractivity contribution is 7.20. The molecule has 7 heteroatoms. The molecule has 0 saturated carbocycles. The van der Waals surface area contributed by atoms with Crippen LogP contribution in [0, 0.1) is 5.92 Å². The van der Waals surface area contributed by atoms with E-state index in [9.17, 15) is 9.59 Å². The zero-order valence-corrected chi connectivity index (χ0v) is 17.7. The van der Waals surface area contributed by atoms with E-state index in [2.05, 4.69) is 22.1 Å². The Labute approximate surface area is 175 Å².